The quantitative estimate of drug-likeness (QED) is 0.456. The summed E-state index contributed by atoms with van der Waals surface area (Å²) >= 11 is 0. The molecule has 112 valence electrons. The van der Waals surface area contributed by atoms with E-state index in [4.69, 9.17) is 10.5 Å². The molecule has 1 rings (SSSR count). The summed E-state index contributed by atoms with van der Waals surface area (Å²) in [6.45, 7) is 9.95. The van der Waals surface area contributed by atoms with Gasteiger partial charge in [-0.25, -0.2) is 13.1 Å². The summed E-state index contributed by atoms with van der Waals surface area (Å²) in [6.07, 6.45) is 0. The van der Waals surface area contributed by atoms with Crippen LogP contribution in [0.3, 0.4) is 0 Å². The number of hydrogen-bond donors (Lipinski definition) is 2. The van der Waals surface area contributed by atoms with Gasteiger partial charge in [-0.2, -0.15) is 0 Å². The van der Waals surface area contributed by atoms with Crippen LogP contribution < -0.4 is 10.5 Å². The maximum Gasteiger partial charge on any atom is 0.241 e. The van der Waals surface area contributed by atoms with Gasteiger partial charge in [0.15, 0.2) is 0 Å². The van der Waals surface area contributed by atoms with Crippen LogP contribution in [0.1, 0.15) is 18.1 Å². The Morgan fingerprint density at radius 2 is 2.05 bits per heavy atom. The lowest BCUT2D eigenvalue weighted by atomic mass is 10.1. The van der Waals surface area contributed by atoms with E-state index in [9.17, 15) is 8.42 Å². The average molecular weight is 298 g/mol. The van der Waals surface area contributed by atoms with E-state index in [2.05, 4.69) is 11.3 Å². The maximum absolute atomic E-state index is 12.3. The fourth-order valence-corrected chi connectivity index (χ4v) is 3.33. The van der Waals surface area contributed by atoms with Gasteiger partial charge in [0.05, 0.1) is 18.1 Å². The molecule has 3 N–H and O–H groups in total. The van der Waals surface area contributed by atoms with E-state index in [0.29, 0.717) is 30.0 Å². The molecule has 0 fully saturated rings. The van der Waals surface area contributed by atoms with E-state index in [1.807, 2.05) is 6.92 Å². The number of sulfonamides is 1. The van der Waals surface area contributed by atoms with Gasteiger partial charge in [0.1, 0.15) is 0 Å². The first kappa shape index (κ1) is 16.7. The van der Waals surface area contributed by atoms with E-state index in [1.54, 1.807) is 26.0 Å². The summed E-state index contributed by atoms with van der Waals surface area (Å²) in [5.41, 5.74) is 8.38. The van der Waals surface area contributed by atoms with E-state index in [-0.39, 0.29) is 11.4 Å². The second kappa shape index (κ2) is 6.88. The zero-order valence-corrected chi connectivity index (χ0v) is 13.0. The average Bonchev–Trinajstić information content (AvgIpc) is 2.33. The number of hydrogen-bond acceptors (Lipinski definition) is 4. The molecule has 0 aliphatic rings. The molecule has 20 heavy (non-hydrogen) atoms. The highest BCUT2D eigenvalue weighted by atomic mass is 32.2. The summed E-state index contributed by atoms with van der Waals surface area (Å²) in [6, 6.07) is 3.41. The third-order valence-electron chi connectivity index (χ3n) is 2.80. The van der Waals surface area contributed by atoms with E-state index < -0.39 is 10.0 Å². The van der Waals surface area contributed by atoms with Crippen molar-refractivity contribution in [2.45, 2.75) is 25.7 Å². The highest BCUT2D eigenvalue weighted by molar-refractivity contribution is 7.89. The van der Waals surface area contributed by atoms with Crippen molar-refractivity contribution in [1.82, 2.24) is 4.72 Å². The Morgan fingerprint density at radius 1 is 1.40 bits per heavy atom. The third kappa shape index (κ3) is 4.33. The molecule has 1 aromatic rings. The first-order valence-electron chi connectivity index (χ1n) is 6.33. The van der Waals surface area contributed by atoms with Crippen LogP contribution in [0.15, 0.2) is 29.2 Å². The van der Waals surface area contributed by atoms with Crippen LogP contribution in [-0.4, -0.2) is 28.2 Å². The SMILES string of the molecule is C=C(C)COCCNS(=O)(=O)c1c(C)ccc(N)c1C. The van der Waals surface area contributed by atoms with Crippen molar-refractivity contribution in [2.24, 2.45) is 0 Å². The molecular formula is C14H22N2O3S. The Kier molecular flexibility index (Phi) is 5.74. The van der Waals surface area contributed by atoms with Gasteiger partial charge in [-0.1, -0.05) is 18.2 Å². The monoisotopic (exact) mass is 298 g/mol. The van der Waals surface area contributed by atoms with Gasteiger partial charge in [-0.15, -0.1) is 0 Å². The minimum Gasteiger partial charge on any atom is -0.398 e. The molecule has 5 nitrogen and oxygen atoms in total. The Hall–Kier alpha value is -1.37. The van der Waals surface area contributed by atoms with Crippen LogP contribution in [0, 0.1) is 13.8 Å². The van der Waals surface area contributed by atoms with Gasteiger partial charge in [0.2, 0.25) is 10.0 Å². The van der Waals surface area contributed by atoms with Crippen LogP contribution in [0.4, 0.5) is 5.69 Å². The minimum atomic E-state index is -3.58. The van der Waals surface area contributed by atoms with Crippen molar-refractivity contribution in [3.05, 3.63) is 35.4 Å². The van der Waals surface area contributed by atoms with Crippen LogP contribution >= 0.6 is 0 Å². The number of rotatable bonds is 7. The predicted octanol–water partition coefficient (Wildman–Crippen LogP) is 1.76. The number of anilines is 1. The minimum absolute atomic E-state index is 0.212. The molecule has 0 aliphatic heterocycles. The fourth-order valence-electron chi connectivity index (χ4n) is 1.82. The van der Waals surface area contributed by atoms with Gasteiger partial charge < -0.3 is 10.5 Å². The summed E-state index contributed by atoms with van der Waals surface area (Å²) in [7, 11) is -3.58. The molecule has 0 saturated heterocycles. The molecule has 0 bridgehead atoms. The first-order chi connectivity index (χ1) is 9.25. The second-order valence-corrected chi connectivity index (χ2v) is 6.54. The molecule has 6 heteroatoms. The van der Waals surface area contributed by atoms with E-state index in [1.165, 1.54) is 0 Å². The molecule has 0 unspecified atom stereocenters. The maximum atomic E-state index is 12.3. The Balaban J connectivity index is 2.75. The molecule has 0 saturated carbocycles. The van der Waals surface area contributed by atoms with Gasteiger partial charge in [-0.05, 0) is 38.0 Å². The van der Waals surface area contributed by atoms with Crippen molar-refractivity contribution in [1.29, 1.82) is 0 Å². The molecule has 0 heterocycles. The second-order valence-electron chi connectivity index (χ2n) is 4.83. The van der Waals surface area contributed by atoms with E-state index >= 15 is 0 Å². The molecule has 0 radical (unpaired) electrons. The van der Waals surface area contributed by atoms with Crippen LogP contribution in [0.25, 0.3) is 0 Å². The normalized spacial score (nSPS) is 11.6. The van der Waals surface area contributed by atoms with Crippen molar-refractivity contribution in [3.8, 4) is 0 Å². The lowest BCUT2D eigenvalue weighted by Crippen LogP contribution is -2.29. The summed E-state index contributed by atoms with van der Waals surface area (Å²) in [5.74, 6) is 0. The van der Waals surface area contributed by atoms with Crippen molar-refractivity contribution >= 4 is 15.7 Å². The van der Waals surface area contributed by atoms with Gasteiger partial charge in [0.25, 0.3) is 0 Å². The topological polar surface area (TPSA) is 81.4 Å². The molecular weight excluding hydrogens is 276 g/mol. The summed E-state index contributed by atoms with van der Waals surface area (Å²) in [5, 5.41) is 0. The molecule has 0 spiro atoms. The van der Waals surface area contributed by atoms with Crippen LogP contribution in [0.5, 0.6) is 0 Å². The van der Waals surface area contributed by atoms with E-state index in [0.717, 1.165) is 5.57 Å². The molecule has 0 amide bonds. The van der Waals surface area contributed by atoms with Crippen molar-refractivity contribution in [3.63, 3.8) is 0 Å². The number of nitrogens with one attached hydrogen (secondary N) is 1. The zero-order valence-electron chi connectivity index (χ0n) is 12.2. The lowest BCUT2D eigenvalue weighted by Gasteiger charge is -2.13. The van der Waals surface area contributed by atoms with Crippen LogP contribution in [0.2, 0.25) is 0 Å². The highest BCUT2D eigenvalue weighted by Crippen LogP contribution is 2.24. The molecule has 0 aliphatic carbocycles. The lowest BCUT2D eigenvalue weighted by molar-refractivity contribution is 0.162. The largest absolute Gasteiger partial charge is 0.398 e. The Labute approximate surface area is 120 Å². The molecule has 0 aromatic heterocycles. The predicted molar refractivity (Wildman–Crippen MR) is 81.1 cm³/mol. The van der Waals surface area contributed by atoms with Gasteiger partial charge in [-0.3, -0.25) is 0 Å². The number of benzene rings is 1. The summed E-state index contributed by atoms with van der Waals surface area (Å²) < 4.78 is 32.3. The molecule has 0 atom stereocenters. The summed E-state index contributed by atoms with van der Waals surface area (Å²) in [4.78, 5) is 0.248. The Bertz CT molecular complexity index is 595. The standard InChI is InChI=1S/C14H22N2O3S/c1-10(2)9-19-8-7-16-20(17,18)14-11(3)5-6-13(15)12(14)4/h5-6,16H,1,7-9,15H2,2-4H3. The number of nitrogens with two attached hydrogens (primary N) is 1. The third-order valence-corrected chi connectivity index (χ3v) is 4.55. The van der Waals surface area contributed by atoms with Crippen LogP contribution in [-0.2, 0) is 14.8 Å². The fraction of sp³-hybridized carbons (Fsp3) is 0.429. The number of ether oxygens (including phenoxy) is 1. The smallest absolute Gasteiger partial charge is 0.241 e. The zero-order chi connectivity index (χ0) is 15.3. The van der Waals surface area contributed by atoms with Crippen molar-refractivity contribution in [2.75, 3.05) is 25.5 Å². The number of nitrogen functional groups attached to an aromatic ring is 1. The first-order valence-corrected chi connectivity index (χ1v) is 7.81. The van der Waals surface area contributed by atoms with Crippen molar-refractivity contribution < 1.29 is 13.2 Å². The van der Waals surface area contributed by atoms with Gasteiger partial charge in [0, 0.05) is 12.2 Å². The number of aryl methyl sites for hydroxylation is 1. The Morgan fingerprint density at radius 3 is 2.65 bits per heavy atom. The van der Waals surface area contributed by atoms with Gasteiger partial charge >= 0.3 is 0 Å². The highest BCUT2D eigenvalue weighted by Gasteiger charge is 2.20. The molecule has 1 aromatic carbocycles.